The van der Waals surface area contributed by atoms with Gasteiger partial charge in [-0.05, 0) is 18.9 Å². The number of aromatic nitrogens is 3. The van der Waals surface area contributed by atoms with Crippen LogP contribution in [0.2, 0.25) is 0 Å². The van der Waals surface area contributed by atoms with Crippen LogP contribution in [0.25, 0.3) is 11.0 Å². The fourth-order valence-electron chi connectivity index (χ4n) is 1.81. The number of fused-ring (bicyclic) bond motifs is 1. The first-order valence-corrected chi connectivity index (χ1v) is 5.48. The smallest absolute Gasteiger partial charge is 0.141 e. The van der Waals surface area contributed by atoms with Crippen molar-refractivity contribution < 1.29 is 0 Å². The molecule has 0 saturated heterocycles. The second kappa shape index (κ2) is 3.65. The summed E-state index contributed by atoms with van der Waals surface area (Å²) in [5.74, 6) is 1.36. The van der Waals surface area contributed by atoms with E-state index in [-0.39, 0.29) is 0 Å². The number of H-pyrrole nitrogens is 1. The lowest BCUT2D eigenvalue weighted by molar-refractivity contribution is 0.803. The Morgan fingerprint density at radius 2 is 2.07 bits per heavy atom. The van der Waals surface area contributed by atoms with E-state index >= 15 is 0 Å². The van der Waals surface area contributed by atoms with Crippen LogP contribution in [0, 0.1) is 6.92 Å². The summed E-state index contributed by atoms with van der Waals surface area (Å²) in [7, 11) is 0. The van der Waals surface area contributed by atoms with Crippen molar-refractivity contribution in [2.75, 3.05) is 0 Å². The van der Waals surface area contributed by atoms with Crippen molar-refractivity contribution in [1.82, 2.24) is 15.0 Å². The normalized spacial score (nSPS) is 11.5. The molecule has 2 rings (SSSR count). The van der Waals surface area contributed by atoms with Crippen LogP contribution in [0.15, 0.2) is 6.07 Å². The maximum absolute atomic E-state index is 4.60. The average molecular weight is 203 g/mol. The van der Waals surface area contributed by atoms with Crippen molar-refractivity contribution in [1.29, 1.82) is 0 Å². The highest BCUT2D eigenvalue weighted by atomic mass is 15.0. The largest absolute Gasteiger partial charge is 0.343 e. The molecule has 0 spiro atoms. The van der Waals surface area contributed by atoms with Crippen molar-refractivity contribution >= 4 is 11.0 Å². The molecule has 0 fully saturated rings. The minimum Gasteiger partial charge on any atom is -0.343 e. The van der Waals surface area contributed by atoms with E-state index in [1.54, 1.807) is 0 Å². The summed E-state index contributed by atoms with van der Waals surface area (Å²) < 4.78 is 0. The predicted octanol–water partition coefficient (Wildman–Crippen LogP) is 2.95. The molecule has 0 aliphatic rings. The van der Waals surface area contributed by atoms with Gasteiger partial charge in [-0.1, -0.05) is 20.8 Å². The number of aryl methyl sites for hydroxylation is 2. The van der Waals surface area contributed by atoms with Crippen molar-refractivity contribution in [3.63, 3.8) is 0 Å². The number of nitrogens with zero attached hydrogens (tertiary/aromatic N) is 2. The first-order chi connectivity index (χ1) is 7.11. The van der Waals surface area contributed by atoms with Gasteiger partial charge in [-0.15, -0.1) is 0 Å². The van der Waals surface area contributed by atoms with E-state index in [9.17, 15) is 0 Å². The molecule has 0 aliphatic heterocycles. The molecule has 3 heteroatoms. The van der Waals surface area contributed by atoms with E-state index in [2.05, 4.69) is 48.7 Å². The number of hydrogen-bond acceptors (Lipinski definition) is 2. The molecule has 0 bridgehead atoms. The van der Waals surface area contributed by atoms with Crippen LogP contribution >= 0.6 is 0 Å². The maximum Gasteiger partial charge on any atom is 0.141 e. The molecule has 15 heavy (non-hydrogen) atoms. The minimum atomic E-state index is 0.441. The van der Waals surface area contributed by atoms with E-state index in [1.165, 1.54) is 5.39 Å². The van der Waals surface area contributed by atoms with Crippen LogP contribution in [0.4, 0.5) is 0 Å². The molecule has 2 heterocycles. The van der Waals surface area contributed by atoms with Gasteiger partial charge in [0.2, 0.25) is 0 Å². The van der Waals surface area contributed by atoms with Crippen LogP contribution < -0.4 is 0 Å². The van der Waals surface area contributed by atoms with Gasteiger partial charge in [0.25, 0.3) is 0 Å². The van der Waals surface area contributed by atoms with Gasteiger partial charge in [0, 0.05) is 17.5 Å². The van der Waals surface area contributed by atoms with Gasteiger partial charge in [0.05, 0.1) is 5.69 Å². The quantitative estimate of drug-likeness (QED) is 0.815. The number of hydrogen-bond donors (Lipinski definition) is 1. The van der Waals surface area contributed by atoms with Gasteiger partial charge in [-0.2, -0.15) is 0 Å². The molecule has 2 aromatic rings. The molecule has 2 aromatic heterocycles. The monoisotopic (exact) mass is 203 g/mol. The van der Waals surface area contributed by atoms with E-state index in [0.29, 0.717) is 5.92 Å². The van der Waals surface area contributed by atoms with E-state index in [4.69, 9.17) is 0 Å². The minimum absolute atomic E-state index is 0.441. The molecular weight excluding hydrogens is 186 g/mol. The average Bonchev–Trinajstić information content (AvgIpc) is 2.55. The van der Waals surface area contributed by atoms with Crippen LogP contribution in [0.3, 0.4) is 0 Å². The Morgan fingerprint density at radius 3 is 2.67 bits per heavy atom. The zero-order chi connectivity index (χ0) is 11.0. The Kier molecular flexibility index (Phi) is 2.47. The van der Waals surface area contributed by atoms with Gasteiger partial charge in [-0.25, -0.2) is 9.97 Å². The zero-order valence-corrected chi connectivity index (χ0v) is 9.76. The molecule has 80 valence electrons. The SMILES string of the molecule is CCc1nc(C(C)C)c2cc(C)[nH]c2n1. The van der Waals surface area contributed by atoms with E-state index in [0.717, 1.165) is 29.3 Å². The Labute approximate surface area is 90.0 Å². The molecular formula is C12H17N3. The van der Waals surface area contributed by atoms with E-state index in [1.807, 2.05) is 0 Å². The van der Waals surface area contributed by atoms with Gasteiger partial charge in [-0.3, -0.25) is 0 Å². The second-order valence-corrected chi connectivity index (χ2v) is 4.25. The molecule has 0 saturated carbocycles. The highest BCUT2D eigenvalue weighted by Gasteiger charge is 2.11. The predicted molar refractivity (Wildman–Crippen MR) is 62.1 cm³/mol. The highest BCUT2D eigenvalue weighted by Crippen LogP contribution is 2.23. The van der Waals surface area contributed by atoms with Crippen LogP contribution in [0.5, 0.6) is 0 Å². The maximum atomic E-state index is 4.60. The Morgan fingerprint density at radius 1 is 1.33 bits per heavy atom. The van der Waals surface area contributed by atoms with Crippen LogP contribution in [0.1, 0.15) is 43.9 Å². The lowest BCUT2D eigenvalue weighted by Crippen LogP contribution is -2.00. The second-order valence-electron chi connectivity index (χ2n) is 4.25. The highest BCUT2D eigenvalue weighted by molar-refractivity contribution is 5.79. The summed E-state index contributed by atoms with van der Waals surface area (Å²) in [4.78, 5) is 12.4. The summed E-state index contributed by atoms with van der Waals surface area (Å²) in [6.07, 6.45) is 0.883. The first kappa shape index (κ1) is 10.1. The topological polar surface area (TPSA) is 41.6 Å². The van der Waals surface area contributed by atoms with Crippen molar-refractivity contribution in [3.05, 3.63) is 23.3 Å². The summed E-state index contributed by atoms with van der Waals surface area (Å²) in [6, 6.07) is 2.13. The summed E-state index contributed by atoms with van der Waals surface area (Å²) in [5, 5.41) is 1.17. The van der Waals surface area contributed by atoms with Crippen LogP contribution in [-0.2, 0) is 6.42 Å². The van der Waals surface area contributed by atoms with Gasteiger partial charge in [0.1, 0.15) is 11.5 Å². The summed E-state index contributed by atoms with van der Waals surface area (Å²) in [6.45, 7) is 8.48. The Bertz CT molecular complexity index is 483. The molecule has 0 unspecified atom stereocenters. The molecule has 1 N–H and O–H groups in total. The van der Waals surface area contributed by atoms with Crippen molar-refractivity contribution in [2.45, 2.75) is 40.0 Å². The van der Waals surface area contributed by atoms with Crippen molar-refractivity contribution in [2.24, 2.45) is 0 Å². The number of rotatable bonds is 2. The molecule has 0 amide bonds. The summed E-state index contributed by atoms with van der Waals surface area (Å²) in [5.41, 5.74) is 3.28. The molecule has 0 aliphatic carbocycles. The molecule has 0 atom stereocenters. The third-order valence-corrected chi connectivity index (χ3v) is 2.56. The number of nitrogens with one attached hydrogen (secondary N) is 1. The summed E-state index contributed by atoms with van der Waals surface area (Å²) >= 11 is 0. The first-order valence-electron chi connectivity index (χ1n) is 5.48. The van der Waals surface area contributed by atoms with Gasteiger partial charge in [0.15, 0.2) is 0 Å². The van der Waals surface area contributed by atoms with E-state index < -0.39 is 0 Å². The van der Waals surface area contributed by atoms with Crippen LogP contribution in [-0.4, -0.2) is 15.0 Å². The third kappa shape index (κ3) is 1.74. The fraction of sp³-hybridized carbons (Fsp3) is 0.500. The lowest BCUT2D eigenvalue weighted by Gasteiger charge is -2.07. The van der Waals surface area contributed by atoms with Gasteiger partial charge >= 0.3 is 0 Å². The van der Waals surface area contributed by atoms with Gasteiger partial charge < -0.3 is 4.98 Å². The fourth-order valence-corrected chi connectivity index (χ4v) is 1.81. The Balaban J connectivity index is 2.73. The van der Waals surface area contributed by atoms with Crippen molar-refractivity contribution in [3.8, 4) is 0 Å². The third-order valence-electron chi connectivity index (χ3n) is 2.56. The lowest BCUT2D eigenvalue weighted by atomic mass is 10.1. The molecule has 3 nitrogen and oxygen atoms in total. The Hall–Kier alpha value is -1.38. The standard InChI is InChI=1S/C12H17N3/c1-5-10-14-11(7(2)3)9-6-8(4)13-12(9)15-10/h6-7H,5H2,1-4H3,(H,13,14,15). The molecule has 0 aromatic carbocycles. The molecule has 0 radical (unpaired) electrons. The zero-order valence-electron chi connectivity index (χ0n) is 9.76. The number of aromatic amines is 1.